The van der Waals surface area contributed by atoms with Crippen molar-refractivity contribution >= 4 is 28.0 Å². The number of hydrogen-bond acceptors (Lipinski definition) is 5. The molecule has 0 rings (SSSR count). The van der Waals surface area contributed by atoms with Crippen LogP contribution in [0.2, 0.25) is 0 Å². The third-order valence-corrected chi connectivity index (χ3v) is 4.53. The van der Waals surface area contributed by atoms with Crippen LogP contribution in [0.1, 0.15) is 20.8 Å². The number of carbonyl (C=O) groups excluding carboxylic acids is 1. The third kappa shape index (κ3) is 9.49. The molecule has 0 fully saturated rings. The third-order valence-electron chi connectivity index (χ3n) is 1.93. The van der Waals surface area contributed by atoms with E-state index >= 15 is 0 Å². The lowest BCUT2D eigenvalue weighted by molar-refractivity contribution is -0.110. The van der Waals surface area contributed by atoms with Crippen LogP contribution in [-0.2, 0) is 14.6 Å². The van der Waals surface area contributed by atoms with E-state index in [1.807, 2.05) is 20.8 Å². The Bertz CT molecular complexity index is 361. The Morgan fingerprint density at radius 1 is 1.39 bits per heavy atom. The van der Waals surface area contributed by atoms with Gasteiger partial charge in [-0.05, 0) is 20.8 Å². The van der Waals surface area contributed by atoms with Gasteiger partial charge in [0.15, 0.2) is 9.84 Å². The molecule has 2 N–H and O–H groups in total. The molecule has 0 aromatic carbocycles. The largest absolute Gasteiger partial charge is 0.342 e. The van der Waals surface area contributed by atoms with E-state index in [2.05, 4.69) is 17.2 Å². The number of hydrogen-bond donors (Lipinski definition) is 2. The zero-order chi connectivity index (χ0) is 14.2. The summed E-state index contributed by atoms with van der Waals surface area (Å²) in [5.41, 5.74) is -0.117. The number of rotatable bonds is 9. The van der Waals surface area contributed by atoms with Gasteiger partial charge in [-0.2, -0.15) is 11.8 Å². The molecule has 0 unspecified atom stereocenters. The SMILES string of the molecule is C=CS(=O)(=O)CCSC[C@@H](NC=O)NC(C)(C)C. The molecular formula is C11H22N2O3S2. The molecule has 0 radical (unpaired) electrons. The van der Waals surface area contributed by atoms with Crippen molar-refractivity contribution in [3.05, 3.63) is 12.0 Å². The molecule has 0 saturated carbocycles. The Labute approximate surface area is 114 Å². The standard InChI is InChI=1S/C11H22N2O3S2/c1-5-18(15,16)7-6-17-8-10(12-9-14)13-11(2,3)4/h5,9-10,13H,1,6-8H2,2-4H3,(H,12,14)/t10-/m0/s1. The van der Waals surface area contributed by atoms with Gasteiger partial charge in [-0.3, -0.25) is 10.1 Å². The fourth-order valence-corrected chi connectivity index (χ4v) is 3.35. The second-order valence-electron chi connectivity index (χ2n) is 4.84. The minimum absolute atomic E-state index is 0.0739. The fraction of sp³-hybridized carbons (Fsp3) is 0.727. The van der Waals surface area contributed by atoms with E-state index in [9.17, 15) is 13.2 Å². The summed E-state index contributed by atoms with van der Waals surface area (Å²) < 4.78 is 22.4. The van der Waals surface area contributed by atoms with Crippen LogP contribution in [-0.4, -0.2) is 43.8 Å². The van der Waals surface area contributed by atoms with Crippen LogP contribution in [0.3, 0.4) is 0 Å². The van der Waals surface area contributed by atoms with Crippen molar-refractivity contribution in [2.45, 2.75) is 32.5 Å². The fourth-order valence-electron chi connectivity index (χ4n) is 1.20. The topological polar surface area (TPSA) is 75.3 Å². The molecule has 5 nitrogen and oxygen atoms in total. The van der Waals surface area contributed by atoms with E-state index in [-0.39, 0.29) is 17.5 Å². The molecule has 0 saturated heterocycles. The predicted molar refractivity (Wildman–Crippen MR) is 77.2 cm³/mol. The molecule has 18 heavy (non-hydrogen) atoms. The minimum atomic E-state index is -3.13. The highest BCUT2D eigenvalue weighted by Crippen LogP contribution is 2.07. The molecule has 0 spiro atoms. The van der Waals surface area contributed by atoms with Crippen molar-refractivity contribution in [3.8, 4) is 0 Å². The van der Waals surface area contributed by atoms with Gasteiger partial charge in [-0.1, -0.05) is 6.58 Å². The maximum Gasteiger partial charge on any atom is 0.208 e. The Morgan fingerprint density at radius 3 is 2.44 bits per heavy atom. The monoisotopic (exact) mass is 294 g/mol. The summed E-state index contributed by atoms with van der Waals surface area (Å²) in [5, 5.41) is 6.88. The zero-order valence-electron chi connectivity index (χ0n) is 11.1. The Balaban J connectivity index is 4.05. The molecule has 0 aliphatic heterocycles. The molecule has 0 aromatic heterocycles. The van der Waals surface area contributed by atoms with Crippen LogP contribution in [0.25, 0.3) is 0 Å². The number of carbonyl (C=O) groups is 1. The summed E-state index contributed by atoms with van der Waals surface area (Å²) in [6.45, 7) is 9.25. The van der Waals surface area contributed by atoms with Crippen LogP contribution in [0.15, 0.2) is 12.0 Å². The number of amides is 1. The average molecular weight is 294 g/mol. The molecule has 106 valence electrons. The van der Waals surface area contributed by atoms with Crippen molar-refractivity contribution in [1.82, 2.24) is 10.6 Å². The molecule has 0 aromatic rings. The maximum atomic E-state index is 11.2. The average Bonchev–Trinajstić information content (AvgIpc) is 2.22. The highest BCUT2D eigenvalue weighted by molar-refractivity contribution is 8.01. The highest BCUT2D eigenvalue weighted by Gasteiger charge is 2.16. The van der Waals surface area contributed by atoms with Gasteiger partial charge in [0.05, 0.1) is 11.9 Å². The predicted octanol–water partition coefficient (Wildman–Crippen LogP) is 0.738. The minimum Gasteiger partial charge on any atom is -0.342 e. The Morgan fingerprint density at radius 2 is 2.00 bits per heavy atom. The summed E-state index contributed by atoms with van der Waals surface area (Å²) in [6.07, 6.45) is 0.476. The van der Waals surface area contributed by atoms with E-state index in [1.54, 1.807) is 0 Å². The lowest BCUT2D eigenvalue weighted by atomic mass is 10.1. The van der Waals surface area contributed by atoms with Gasteiger partial charge in [-0.15, -0.1) is 0 Å². The molecule has 0 bridgehead atoms. The first-order chi connectivity index (χ1) is 8.20. The molecule has 0 aliphatic rings. The van der Waals surface area contributed by atoms with E-state index < -0.39 is 9.84 Å². The summed E-state index contributed by atoms with van der Waals surface area (Å²) in [5.74, 6) is 1.17. The van der Waals surface area contributed by atoms with Crippen molar-refractivity contribution < 1.29 is 13.2 Å². The van der Waals surface area contributed by atoms with Crippen molar-refractivity contribution in [2.75, 3.05) is 17.3 Å². The summed E-state index contributed by atoms with van der Waals surface area (Å²) >= 11 is 1.47. The number of nitrogens with one attached hydrogen (secondary N) is 2. The molecule has 0 aliphatic carbocycles. The van der Waals surface area contributed by atoms with Crippen molar-refractivity contribution in [3.63, 3.8) is 0 Å². The van der Waals surface area contributed by atoms with Gasteiger partial charge >= 0.3 is 0 Å². The number of sulfone groups is 1. The van der Waals surface area contributed by atoms with Crippen LogP contribution < -0.4 is 10.6 Å². The summed E-state index contributed by atoms with van der Waals surface area (Å²) in [4.78, 5) is 10.5. The molecule has 7 heteroatoms. The van der Waals surface area contributed by atoms with Gasteiger partial charge in [0.1, 0.15) is 0 Å². The first-order valence-electron chi connectivity index (χ1n) is 5.60. The molecular weight excluding hydrogens is 272 g/mol. The normalized spacial score (nSPS) is 13.9. The summed E-state index contributed by atoms with van der Waals surface area (Å²) in [7, 11) is -3.13. The van der Waals surface area contributed by atoms with Crippen molar-refractivity contribution in [1.29, 1.82) is 0 Å². The van der Waals surface area contributed by atoms with E-state index in [4.69, 9.17) is 0 Å². The van der Waals surface area contributed by atoms with E-state index in [1.165, 1.54) is 11.8 Å². The van der Waals surface area contributed by atoms with Gasteiger partial charge in [0.2, 0.25) is 6.41 Å². The quantitative estimate of drug-likeness (QED) is 0.373. The van der Waals surface area contributed by atoms with E-state index in [0.29, 0.717) is 17.9 Å². The molecule has 1 amide bonds. The van der Waals surface area contributed by atoms with Gasteiger partial charge in [-0.25, -0.2) is 8.42 Å². The molecule has 1 atom stereocenters. The van der Waals surface area contributed by atoms with Crippen LogP contribution in [0.5, 0.6) is 0 Å². The Kier molecular flexibility index (Phi) is 7.58. The van der Waals surface area contributed by atoms with Gasteiger partial charge < -0.3 is 5.32 Å². The van der Waals surface area contributed by atoms with Gasteiger partial charge in [0, 0.05) is 22.5 Å². The first kappa shape index (κ1) is 17.5. The first-order valence-corrected chi connectivity index (χ1v) is 8.47. The lowest BCUT2D eigenvalue weighted by Crippen LogP contribution is -2.52. The zero-order valence-corrected chi connectivity index (χ0v) is 12.7. The second kappa shape index (κ2) is 7.81. The number of thioether (sulfide) groups is 1. The smallest absolute Gasteiger partial charge is 0.208 e. The van der Waals surface area contributed by atoms with Crippen molar-refractivity contribution in [2.24, 2.45) is 0 Å². The van der Waals surface area contributed by atoms with Crippen LogP contribution in [0, 0.1) is 0 Å². The summed E-state index contributed by atoms with van der Waals surface area (Å²) in [6, 6.07) is 0. The highest BCUT2D eigenvalue weighted by atomic mass is 32.2. The van der Waals surface area contributed by atoms with Gasteiger partial charge in [0.25, 0.3) is 0 Å². The Hall–Kier alpha value is -0.530. The maximum absolute atomic E-state index is 11.2. The second-order valence-corrected chi connectivity index (χ2v) is 8.06. The van der Waals surface area contributed by atoms with Crippen LogP contribution in [0.4, 0.5) is 0 Å². The van der Waals surface area contributed by atoms with E-state index in [0.717, 1.165) is 5.41 Å². The lowest BCUT2D eigenvalue weighted by Gasteiger charge is -2.27. The molecule has 0 heterocycles. The van der Waals surface area contributed by atoms with Crippen LogP contribution >= 0.6 is 11.8 Å².